The maximum absolute atomic E-state index is 13.8. The van der Waals surface area contributed by atoms with Crippen LogP contribution in [0.5, 0.6) is 0 Å². The van der Waals surface area contributed by atoms with Crippen molar-refractivity contribution in [3.63, 3.8) is 0 Å². The zero-order chi connectivity index (χ0) is 24.1. The molecule has 2 saturated heterocycles. The number of benzene rings is 2. The molecule has 0 radical (unpaired) electrons. The maximum atomic E-state index is 13.8. The quantitative estimate of drug-likeness (QED) is 0.657. The highest BCUT2D eigenvalue weighted by Gasteiger charge is 2.70. The van der Waals surface area contributed by atoms with E-state index in [1.54, 1.807) is 12.1 Å². The fourth-order valence-electron chi connectivity index (χ4n) is 5.44. The van der Waals surface area contributed by atoms with Gasteiger partial charge in [0.05, 0.1) is 17.5 Å². The van der Waals surface area contributed by atoms with Gasteiger partial charge in [-0.3, -0.25) is 19.7 Å². The lowest BCUT2D eigenvalue weighted by Gasteiger charge is -2.36. The Morgan fingerprint density at radius 3 is 2.30 bits per heavy atom. The molecule has 0 bridgehead atoms. The lowest BCUT2D eigenvalue weighted by molar-refractivity contribution is -0.151. The summed E-state index contributed by atoms with van der Waals surface area (Å²) in [4.78, 5) is 43.6. The molecule has 2 aliphatic heterocycles. The summed E-state index contributed by atoms with van der Waals surface area (Å²) < 4.78 is 0. The number of fused-ring (bicyclic) bond motifs is 1. The number of aryl methyl sites for hydroxylation is 1. The van der Waals surface area contributed by atoms with Crippen molar-refractivity contribution in [3.8, 4) is 0 Å². The van der Waals surface area contributed by atoms with E-state index < -0.39 is 35.3 Å². The monoisotopic (exact) mass is 449 g/mol. The predicted molar refractivity (Wildman–Crippen MR) is 127 cm³/mol. The average Bonchev–Trinajstić information content (AvgIpc) is 3.28. The van der Waals surface area contributed by atoms with Gasteiger partial charge in [0.15, 0.2) is 0 Å². The van der Waals surface area contributed by atoms with Gasteiger partial charge in [0.2, 0.25) is 11.8 Å². The number of para-hydroxylation sites is 1. The number of hydrogen-bond donors (Lipinski definition) is 2. The number of aliphatic carboxylic acids is 1. The number of anilines is 2. The highest BCUT2D eigenvalue weighted by atomic mass is 16.4. The van der Waals surface area contributed by atoms with Crippen LogP contribution in [-0.2, 0) is 14.4 Å². The van der Waals surface area contributed by atoms with Gasteiger partial charge in [-0.05, 0) is 42.2 Å². The van der Waals surface area contributed by atoms with E-state index in [1.807, 2.05) is 76.2 Å². The van der Waals surface area contributed by atoms with Gasteiger partial charge in [0.1, 0.15) is 5.54 Å². The standard InChI is InChI=1S/C26H31N3O4/c1-6-16(3)26(25(32)33)21-20(22(27-26)17-11-13-18(14-12-17)28(4)5)23(30)29(24(21)31)19-10-8-7-9-15(19)2/h7-14,16,20-22,27H,6H2,1-5H3,(H,32,33). The minimum atomic E-state index is -1.53. The van der Waals surface area contributed by atoms with Crippen molar-refractivity contribution in [1.82, 2.24) is 5.32 Å². The third-order valence-electron chi connectivity index (χ3n) is 7.46. The first-order valence-electron chi connectivity index (χ1n) is 11.4. The second-order valence-electron chi connectivity index (χ2n) is 9.39. The number of rotatable bonds is 6. The number of hydrogen-bond acceptors (Lipinski definition) is 5. The number of nitrogens with zero attached hydrogens (tertiary/aromatic N) is 2. The van der Waals surface area contributed by atoms with E-state index in [9.17, 15) is 19.5 Å². The molecule has 2 N–H and O–H groups in total. The molecule has 174 valence electrons. The molecule has 7 heteroatoms. The minimum Gasteiger partial charge on any atom is -0.480 e. The van der Waals surface area contributed by atoms with Crippen LogP contribution in [0, 0.1) is 24.7 Å². The Hall–Kier alpha value is -3.19. The lowest BCUT2D eigenvalue weighted by atomic mass is 9.72. The van der Waals surface area contributed by atoms with Gasteiger partial charge in [0.25, 0.3) is 0 Å². The number of imide groups is 1. The summed E-state index contributed by atoms with van der Waals surface area (Å²) in [5.74, 6) is -4.03. The number of carbonyl (C=O) groups is 3. The fraction of sp³-hybridized carbons (Fsp3) is 0.423. The first kappa shape index (κ1) is 23.0. The number of carboxylic acids is 1. The Morgan fingerprint density at radius 2 is 1.76 bits per heavy atom. The van der Waals surface area contributed by atoms with E-state index >= 15 is 0 Å². The van der Waals surface area contributed by atoms with Crippen LogP contribution in [0.1, 0.15) is 37.4 Å². The van der Waals surface area contributed by atoms with Gasteiger partial charge in [0, 0.05) is 25.8 Å². The van der Waals surface area contributed by atoms with E-state index in [4.69, 9.17) is 0 Å². The molecule has 2 aliphatic rings. The lowest BCUT2D eigenvalue weighted by Crippen LogP contribution is -2.59. The van der Waals surface area contributed by atoms with Gasteiger partial charge in [-0.15, -0.1) is 0 Å². The second-order valence-corrected chi connectivity index (χ2v) is 9.39. The largest absolute Gasteiger partial charge is 0.480 e. The van der Waals surface area contributed by atoms with Crippen molar-refractivity contribution in [3.05, 3.63) is 59.7 Å². The molecule has 2 fully saturated rings. The van der Waals surface area contributed by atoms with Crippen LogP contribution in [0.25, 0.3) is 0 Å². The number of nitrogens with one attached hydrogen (secondary N) is 1. The van der Waals surface area contributed by atoms with Gasteiger partial charge in [-0.1, -0.05) is 50.6 Å². The SMILES string of the molecule is CCC(C)C1(C(=O)O)NC(c2ccc(N(C)C)cc2)C2C(=O)N(c3ccccc3C)C(=O)C21. The van der Waals surface area contributed by atoms with Crippen molar-refractivity contribution in [2.75, 3.05) is 23.9 Å². The van der Waals surface area contributed by atoms with E-state index in [2.05, 4.69) is 5.32 Å². The molecule has 2 aromatic rings. The molecule has 2 amide bonds. The molecule has 4 rings (SSSR count). The van der Waals surface area contributed by atoms with Gasteiger partial charge in [-0.25, -0.2) is 4.90 Å². The van der Waals surface area contributed by atoms with Crippen molar-refractivity contribution in [2.45, 2.75) is 38.8 Å². The maximum Gasteiger partial charge on any atom is 0.325 e. The van der Waals surface area contributed by atoms with Crippen LogP contribution in [-0.4, -0.2) is 42.5 Å². The summed E-state index contributed by atoms with van der Waals surface area (Å²) in [6.45, 7) is 5.59. The highest BCUT2D eigenvalue weighted by molar-refractivity contribution is 6.24. The van der Waals surface area contributed by atoms with Crippen molar-refractivity contribution in [1.29, 1.82) is 0 Å². The molecule has 5 atom stereocenters. The summed E-state index contributed by atoms with van der Waals surface area (Å²) in [6, 6.07) is 14.3. The summed E-state index contributed by atoms with van der Waals surface area (Å²) in [5.41, 5.74) is 1.58. The van der Waals surface area contributed by atoms with Crippen LogP contribution >= 0.6 is 0 Å². The summed E-state index contributed by atoms with van der Waals surface area (Å²) in [7, 11) is 3.88. The number of carbonyl (C=O) groups excluding carboxylic acids is 2. The zero-order valence-corrected chi connectivity index (χ0v) is 19.7. The zero-order valence-electron chi connectivity index (χ0n) is 19.7. The van der Waals surface area contributed by atoms with Crippen molar-refractivity contribution >= 4 is 29.2 Å². The third kappa shape index (κ3) is 3.33. The first-order valence-corrected chi connectivity index (χ1v) is 11.4. The molecule has 0 aliphatic carbocycles. The fourth-order valence-corrected chi connectivity index (χ4v) is 5.44. The van der Waals surface area contributed by atoms with Crippen molar-refractivity contribution in [2.24, 2.45) is 17.8 Å². The number of amides is 2. The van der Waals surface area contributed by atoms with E-state index in [0.717, 1.165) is 16.8 Å². The van der Waals surface area contributed by atoms with E-state index in [-0.39, 0.29) is 11.8 Å². The van der Waals surface area contributed by atoms with Gasteiger partial charge >= 0.3 is 5.97 Å². The summed E-state index contributed by atoms with van der Waals surface area (Å²) in [5, 5.41) is 13.7. The molecule has 0 saturated carbocycles. The van der Waals surface area contributed by atoms with Crippen LogP contribution in [0.4, 0.5) is 11.4 Å². The molecular weight excluding hydrogens is 418 g/mol. The predicted octanol–water partition coefficient (Wildman–Crippen LogP) is 3.38. The van der Waals surface area contributed by atoms with Crippen LogP contribution in [0.15, 0.2) is 48.5 Å². The van der Waals surface area contributed by atoms with Crippen LogP contribution in [0.3, 0.4) is 0 Å². The van der Waals surface area contributed by atoms with Crippen molar-refractivity contribution < 1.29 is 19.5 Å². The molecule has 2 aromatic carbocycles. The summed E-state index contributed by atoms with van der Waals surface area (Å²) >= 11 is 0. The molecular formula is C26H31N3O4. The average molecular weight is 450 g/mol. The van der Waals surface area contributed by atoms with E-state index in [1.165, 1.54) is 4.90 Å². The van der Waals surface area contributed by atoms with Gasteiger partial charge < -0.3 is 10.0 Å². The Labute approximate surface area is 194 Å². The molecule has 33 heavy (non-hydrogen) atoms. The van der Waals surface area contributed by atoms with E-state index in [0.29, 0.717) is 12.1 Å². The second kappa shape index (κ2) is 8.30. The molecule has 5 unspecified atom stereocenters. The Morgan fingerprint density at radius 1 is 1.12 bits per heavy atom. The molecule has 7 nitrogen and oxygen atoms in total. The normalized spacial score (nSPS) is 27.5. The first-order chi connectivity index (χ1) is 15.6. The number of carboxylic acid groups (broad SMARTS) is 1. The van der Waals surface area contributed by atoms with Gasteiger partial charge in [-0.2, -0.15) is 0 Å². The molecule has 0 aromatic heterocycles. The Bertz CT molecular complexity index is 1100. The molecule has 2 heterocycles. The minimum absolute atomic E-state index is 0.347. The smallest absolute Gasteiger partial charge is 0.325 e. The Balaban J connectivity index is 1.87. The third-order valence-corrected chi connectivity index (χ3v) is 7.46. The Kier molecular flexibility index (Phi) is 5.78. The van der Waals surface area contributed by atoms with Crippen LogP contribution < -0.4 is 15.1 Å². The summed E-state index contributed by atoms with van der Waals surface area (Å²) in [6.07, 6.45) is 0.556. The van der Waals surface area contributed by atoms with Crippen LogP contribution in [0.2, 0.25) is 0 Å². The molecule has 0 spiro atoms. The topological polar surface area (TPSA) is 89.9 Å². The highest BCUT2D eigenvalue weighted by Crippen LogP contribution is 2.53.